The fraction of sp³-hybridized carbons (Fsp3) is 0.375. The number of hydrogen-bond donors (Lipinski definition) is 0. The normalized spacial score (nSPS) is 14.0. The van der Waals surface area contributed by atoms with Gasteiger partial charge in [0, 0.05) is 35.7 Å². The van der Waals surface area contributed by atoms with Crippen molar-refractivity contribution in [1.82, 2.24) is 4.90 Å². The molecule has 3 rings (SSSR count). The molecule has 21 heavy (non-hydrogen) atoms. The van der Waals surface area contributed by atoms with Crippen LogP contribution in [0.5, 0.6) is 0 Å². The molecule has 0 saturated carbocycles. The Kier molecular flexibility index (Phi) is 4.22. The topological polar surface area (TPSA) is 37.4 Å². The molecule has 1 aliphatic heterocycles. The zero-order valence-electron chi connectivity index (χ0n) is 11.9. The lowest BCUT2D eigenvalue weighted by Crippen LogP contribution is -2.35. The van der Waals surface area contributed by atoms with Gasteiger partial charge in [0.25, 0.3) is 0 Å². The Morgan fingerprint density at radius 1 is 1.24 bits per heavy atom. The molecular formula is C16H17NO2S2. The molecule has 0 aromatic carbocycles. The van der Waals surface area contributed by atoms with Crippen molar-refractivity contribution in [3.05, 3.63) is 43.8 Å². The summed E-state index contributed by atoms with van der Waals surface area (Å²) in [5, 5.41) is 2.08. The number of carbonyl (C=O) groups is 2. The van der Waals surface area contributed by atoms with E-state index in [-0.39, 0.29) is 11.7 Å². The standard InChI is InChI=1S/C16H17NO2S2/c1-11-2-4-15(21-11)13(18)3-5-16(19)17-8-6-14-12(10-17)7-9-20-14/h2,4,7,9H,3,5-6,8,10H2,1H3. The Morgan fingerprint density at radius 2 is 2.10 bits per heavy atom. The highest BCUT2D eigenvalue weighted by molar-refractivity contribution is 7.14. The number of nitrogens with zero attached hydrogens (tertiary/aromatic N) is 1. The lowest BCUT2D eigenvalue weighted by Gasteiger charge is -2.27. The van der Waals surface area contributed by atoms with Crippen molar-refractivity contribution >= 4 is 34.4 Å². The number of aryl methyl sites for hydroxylation is 1. The number of hydrogen-bond acceptors (Lipinski definition) is 4. The molecule has 3 nitrogen and oxygen atoms in total. The quantitative estimate of drug-likeness (QED) is 0.806. The molecule has 2 aromatic rings. The summed E-state index contributed by atoms with van der Waals surface area (Å²) in [7, 11) is 0. The molecule has 2 aromatic heterocycles. The Labute approximate surface area is 132 Å². The first kappa shape index (κ1) is 14.5. The SMILES string of the molecule is Cc1ccc(C(=O)CCC(=O)N2CCc3sccc3C2)s1. The summed E-state index contributed by atoms with van der Waals surface area (Å²) in [4.78, 5) is 29.5. The molecule has 0 N–H and O–H groups in total. The molecule has 0 radical (unpaired) electrons. The summed E-state index contributed by atoms with van der Waals surface area (Å²) in [5.41, 5.74) is 1.26. The Balaban J connectivity index is 1.54. The van der Waals surface area contributed by atoms with Crippen LogP contribution in [-0.2, 0) is 17.8 Å². The zero-order valence-corrected chi connectivity index (χ0v) is 13.6. The van der Waals surface area contributed by atoms with E-state index in [1.165, 1.54) is 21.8 Å². The molecule has 0 atom stereocenters. The molecule has 110 valence electrons. The average molecular weight is 319 g/mol. The van der Waals surface area contributed by atoms with Gasteiger partial charge in [-0.05, 0) is 42.5 Å². The van der Waals surface area contributed by atoms with Crippen molar-refractivity contribution in [2.45, 2.75) is 32.7 Å². The first-order chi connectivity index (χ1) is 10.1. The summed E-state index contributed by atoms with van der Waals surface area (Å²) in [5.74, 6) is 0.170. The fourth-order valence-electron chi connectivity index (χ4n) is 2.55. The minimum atomic E-state index is 0.0784. The lowest BCUT2D eigenvalue weighted by molar-refractivity contribution is -0.132. The van der Waals surface area contributed by atoms with E-state index in [0.29, 0.717) is 19.4 Å². The van der Waals surface area contributed by atoms with E-state index < -0.39 is 0 Å². The van der Waals surface area contributed by atoms with Gasteiger partial charge in [-0.25, -0.2) is 0 Å². The van der Waals surface area contributed by atoms with Crippen LogP contribution in [0, 0.1) is 6.92 Å². The highest BCUT2D eigenvalue weighted by atomic mass is 32.1. The highest BCUT2D eigenvalue weighted by Gasteiger charge is 2.22. The predicted octanol–water partition coefficient (Wildman–Crippen LogP) is 3.67. The van der Waals surface area contributed by atoms with E-state index in [2.05, 4.69) is 11.4 Å². The largest absolute Gasteiger partial charge is 0.338 e. The minimum absolute atomic E-state index is 0.0784. The zero-order chi connectivity index (χ0) is 14.8. The van der Waals surface area contributed by atoms with Crippen LogP contribution in [0.2, 0.25) is 0 Å². The molecule has 0 saturated heterocycles. The average Bonchev–Trinajstić information content (AvgIpc) is 3.12. The highest BCUT2D eigenvalue weighted by Crippen LogP contribution is 2.25. The Morgan fingerprint density at radius 3 is 2.86 bits per heavy atom. The van der Waals surface area contributed by atoms with Crippen LogP contribution in [0.25, 0.3) is 0 Å². The van der Waals surface area contributed by atoms with Gasteiger partial charge in [-0.3, -0.25) is 9.59 Å². The van der Waals surface area contributed by atoms with E-state index in [9.17, 15) is 9.59 Å². The van der Waals surface area contributed by atoms with Gasteiger partial charge in [0.1, 0.15) is 0 Å². The summed E-state index contributed by atoms with van der Waals surface area (Å²) < 4.78 is 0. The number of Topliss-reactive ketones (excluding diaryl/α,β-unsaturated/α-hetero) is 1. The lowest BCUT2D eigenvalue weighted by atomic mass is 10.1. The molecule has 0 fully saturated rings. The summed E-state index contributed by atoms with van der Waals surface area (Å²) in [6, 6.07) is 5.90. The van der Waals surface area contributed by atoms with Crippen molar-refractivity contribution in [3.8, 4) is 0 Å². The molecule has 0 spiro atoms. The van der Waals surface area contributed by atoms with Crippen molar-refractivity contribution in [3.63, 3.8) is 0 Å². The number of carbonyl (C=O) groups excluding carboxylic acids is 2. The number of fused-ring (bicyclic) bond motifs is 1. The maximum atomic E-state index is 12.3. The Bertz CT molecular complexity index is 671. The van der Waals surface area contributed by atoms with Crippen LogP contribution in [0.3, 0.4) is 0 Å². The second-order valence-corrected chi connectivity index (χ2v) is 7.56. The summed E-state index contributed by atoms with van der Waals surface area (Å²) in [6.45, 7) is 3.46. The van der Waals surface area contributed by atoms with Gasteiger partial charge in [-0.2, -0.15) is 0 Å². The van der Waals surface area contributed by atoms with Crippen LogP contribution in [-0.4, -0.2) is 23.1 Å². The van der Waals surface area contributed by atoms with Crippen LogP contribution in [0.4, 0.5) is 0 Å². The summed E-state index contributed by atoms with van der Waals surface area (Å²) >= 11 is 3.27. The van der Waals surface area contributed by atoms with E-state index >= 15 is 0 Å². The molecule has 0 unspecified atom stereocenters. The van der Waals surface area contributed by atoms with Gasteiger partial charge >= 0.3 is 0 Å². The van der Waals surface area contributed by atoms with E-state index in [1.807, 2.05) is 24.0 Å². The number of thiophene rings is 2. The smallest absolute Gasteiger partial charge is 0.223 e. The Hall–Kier alpha value is -1.46. The van der Waals surface area contributed by atoms with Gasteiger partial charge in [-0.15, -0.1) is 22.7 Å². The number of amides is 1. The van der Waals surface area contributed by atoms with Crippen LogP contribution in [0.1, 0.15) is 37.8 Å². The first-order valence-electron chi connectivity index (χ1n) is 7.06. The molecule has 1 amide bonds. The second kappa shape index (κ2) is 6.12. The van der Waals surface area contributed by atoms with E-state index in [0.717, 1.165) is 22.7 Å². The molecular weight excluding hydrogens is 302 g/mol. The van der Waals surface area contributed by atoms with Crippen molar-refractivity contribution in [2.75, 3.05) is 6.54 Å². The third kappa shape index (κ3) is 3.24. The van der Waals surface area contributed by atoms with Gasteiger partial charge < -0.3 is 4.90 Å². The minimum Gasteiger partial charge on any atom is -0.338 e. The van der Waals surface area contributed by atoms with Gasteiger partial charge in [0.05, 0.1) is 4.88 Å². The molecule has 0 aliphatic carbocycles. The molecule has 3 heterocycles. The number of ketones is 1. The predicted molar refractivity (Wildman–Crippen MR) is 86.1 cm³/mol. The van der Waals surface area contributed by atoms with E-state index in [1.54, 1.807) is 11.3 Å². The van der Waals surface area contributed by atoms with Crippen molar-refractivity contribution < 1.29 is 9.59 Å². The molecule has 0 bridgehead atoms. The van der Waals surface area contributed by atoms with Crippen molar-refractivity contribution in [1.29, 1.82) is 0 Å². The van der Waals surface area contributed by atoms with Crippen molar-refractivity contribution in [2.24, 2.45) is 0 Å². The van der Waals surface area contributed by atoms with Gasteiger partial charge in [0.2, 0.25) is 5.91 Å². The molecule has 5 heteroatoms. The number of rotatable bonds is 4. The van der Waals surface area contributed by atoms with E-state index in [4.69, 9.17) is 0 Å². The molecule has 1 aliphatic rings. The maximum absolute atomic E-state index is 12.3. The first-order valence-corrected chi connectivity index (χ1v) is 8.76. The van der Waals surface area contributed by atoms with Gasteiger partial charge in [0.15, 0.2) is 5.78 Å². The second-order valence-electron chi connectivity index (χ2n) is 5.27. The van der Waals surface area contributed by atoms with Crippen LogP contribution in [0.15, 0.2) is 23.6 Å². The maximum Gasteiger partial charge on any atom is 0.223 e. The monoisotopic (exact) mass is 319 g/mol. The van der Waals surface area contributed by atoms with Crippen LogP contribution < -0.4 is 0 Å². The third-order valence-electron chi connectivity index (χ3n) is 3.74. The summed E-state index contributed by atoms with van der Waals surface area (Å²) in [6.07, 6.45) is 1.57. The fourth-order valence-corrected chi connectivity index (χ4v) is 4.27. The van der Waals surface area contributed by atoms with Gasteiger partial charge in [-0.1, -0.05) is 0 Å². The third-order valence-corrected chi connectivity index (χ3v) is 5.81. The van der Waals surface area contributed by atoms with Crippen LogP contribution >= 0.6 is 22.7 Å².